The van der Waals surface area contributed by atoms with Crippen LogP contribution in [0.1, 0.15) is 57.6 Å². The van der Waals surface area contributed by atoms with E-state index in [-0.39, 0.29) is 17.2 Å². The highest BCUT2D eigenvalue weighted by Crippen LogP contribution is 2.36. The van der Waals surface area contributed by atoms with Crippen molar-refractivity contribution in [3.8, 4) is 0 Å². The van der Waals surface area contributed by atoms with Gasteiger partial charge in [0.25, 0.3) is 0 Å². The molecule has 1 saturated carbocycles. The van der Waals surface area contributed by atoms with E-state index in [2.05, 4.69) is 5.32 Å². The van der Waals surface area contributed by atoms with E-state index in [4.69, 9.17) is 0 Å². The number of nitrogens with one attached hydrogen (secondary N) is 1. The molecular weight excluding hydrogens is 262 g/mol. The van der Waals surface area contributed by atoms with Gasteiger partial charge in [-0.25, -0.2) is 0 Å². The van der Waals surface area contributed by atoms with Crippen molar-refractivity contribution in [3.05, 3.63) is 35.9 Å². The largest absolute Gasteiger partial charge is 0.387 e. The molecule has 1 fully saturated rings. The van der Waals surface area contributed by atoms with Gasteiger partial charge in [-0.05, 0) is 32.3 Å². The van der Waals surface area contributed by atoms with Crippen molar-refractivity contribution in [1.82, 2.24) is 5.32 Å². The summed E-state index contributed by atoms with van der Waals surface area (Å²) < 4.78 is 0. The number of Topliss-reactive ketones (excluding diaryl/α,β-unsaturated/α-hetero) is 1. The summed E-state index contributed by atoms with van der Waals surface area (Å²) >= 11 is 0. The summed E-state index contributed by atoms with van der Waals surface area (Å²) in [6, 6.07) is 9.62. The minimum absolute atomic E-state index is 0.0643. The standard InChI is InChI=1S/C18H27NO2/c1-14(17(21)16-9-5-3-6-10-16)19-13-18(15(2)20)11-7-4-8-12-18/h3,5-6,9-10,14,17,19,21H,4,7-8,11-13H2,1-2H3. The molecule has 0 aliphatic heterocycles. The molecule has 2 rings (SSSR count). The van der Waals surface area contributed by atoms with Gasteiger partial charge in [0.05, 0.1) is 6.10 Å². The molecule has 0 radical (unpaired) electrons. The normalized spacial score (nSPS) is 20.7. The van der Waals surface area contributed by atoms with Crippen molar-refractivity contribution < 1.29 is 9.90 Å². The van der Waals surface area contributed by atoms with Gasteiger partial charge in [-0.2, -0.15) is 0 Å². The van der Waals surface area contributed by atoms with Gasteiger partial charge in [-0.15, -0.1) is 0 Å². The Labute approximate surface area is 127 Å². The van der Waals surface area contributed by atoms with Crippen molar-refractivity contribution in [2.45, 2.75) is 58.1 Å². The molecule has 1 aromatic carbocycles. The summed E-state index contributed by atoms with van der Waals surface area (Å²) in [4.78, 5) is 12.1. The fourth-order valence-electron chi connectivity index (χ4n) is 3.29. The second-order valence-corrected chi connectivity index (χ2v) is 6.42. The van der Waals surface area contributed by atoms with Gasteiger partial charge in [-0.1, -0.05) is 49.6 Å². The summed E-state index contributed by atoms with van der Waals surface area (Å²) in [5, 5.41) is 13.8. The van der Waals surface area contributed by atoms with Crippen LogP contribution >= 0.6 is 0 Å². The molecule has 2 unspecified atom stereocenters. The molecule has 0 heterocycles. The lowest BCUT2D eigenvalue weighted by Crippen LogP contribution is -2.45. The molecule has 3 heteroatoms. The number of rotatable bonds is 6. The second kappa shape index (κ2) is 7.19. The summed E-state index contributed by atoms with van der Waals surface area (Å²) in [5.41, 5.74) is 0.696. The van der Waals surface area contributed by atoms with E-state index in [1.54, 1.807) is 6.92 Å². The number of aliphatic hydroxyl groups is 1. The lowest BCUT2D eigenvalue weighted by molar-refractivity contribution is -0.128. The van der Waals surface area contributed by atoms with Crippen LogP contribution in [0.4, 0.5) is 0 Å². The van der Waals surface area contributed by atoms with Crippen LogP contribution in [-0.2, 0) is 4.79 Å². The maximum Gasteiger partial charge on any atom is 0.137 e. The van der Waals surface area contributed by atoms with E-state index in [1.165, 1.54) is 6.42 Å². The Balaban J connectivity index is 1.96. The lowest BCUT2D eigenvalue weighted by Gasteiger charge is -2.36. The third-order valence-electron chi connectivity index (χ3n) is 4.93. The Hall–Kier alpha value is -1.19. The molecule has 1 aromatic rings. The number of benzene rings is 1. The molecule has 0 amide bonds. The quantitative estimate of drug-likeness (QED) is 0.845. The molecule has 3 nitrogen and oxygen atoms in total. The Morgan fingerprint density at radius 3 is 2.43 bits per heavy atom. The van der Waals surface area contributed by atoms with Crippen LogP contribution < -0.4 is 5.32 Å². The van der Waals surface area contributed by atoms with Gasteiger partial charge in [-0.3, -0.25) is 4.79 Å². The SMILES string of the molecule is CC(=O)C1(CNC(C)C(O)c2ccccc2)CCCCC1. The van der Waals surface area contributed by atoms with Gasteiger partial charge < -0.3 is 10.4 Å². The Bertz CT molecular complexity index is 452. The van der Waals surface area contributed by atoms with Gasteiger partial charge in [0, 0.05) is 18.0 Å². The second-order valence-electron chi connectivity index (χ2n) is 6.42. The number of hydrogen-bond acceptors (Lipinski definition) is 3. The van der Waals surface area contributed by atoms with E-state index < -0.39 is 6.10 Å². The van der Waals surface area contributed by atoms with E-state index in [9.17, 15) is 9.90 Å². The zero-order valence-electron chi connectivity index (χ0n) is 13.1. The first-order valence-electron chi connectivity index (χ1n) is 8.03. The van der Waals surface area contributed by atoms with Crippen LogP contribution in [0, 0.1) is 5.41 Å². The van der Waals surface area contributed by atoms with Gasteiger partial charge in [0.1, 0.15) is 5.78 Å². The maximum atomic E-state index is 12.1. The smallest absolute Gasteiger partial charge is 0.137 e. The fraction of sp³-hybridized carbons (Fsp3) is 0.611. The molecule has 0 spiro atoms. The monoisotopic (exact) mass is 289 g/mol. The molecule has 2 atom stereocenters. The highest BCUT2D eigenvalue weighted by Gasteiger charge is 2.37. The predicted molar refractivity (Wildman–Crippen MR) is 85.1 cm³/mol. The molecule has 21 heavy (non-hydrogen) atoms. The molecule has 1 aliphatic rings. The van der Waals surface area contributed by atoms with E-state index in [1.807, 2.05) is 37.3 Å². The zero-order valence-corrected chi connectivity index (χ0v) is 13.1. The van der Waals surface area contributed by atoms with Crippen LogP contribution in [0.5, 0.6) is 0 Å². The lowest BCUT2D eigenvalue weighted by atomic mass is 9.71. The topological polar surface area (TPSA) is 49.3 Å². The minimum atomic E-state index is -0.543. The highest BCUT2D eigenvalue weighted by atomic mass is 16.3. The van der Waals surface area contributed by atoms with Crippen LogP contribution in [-0.4, -0.2) is 23.5 Å². The first kappa shape index (κ1) is 16.2. The number of carbonyl (C=O) groups excluding carboxylic acids is 1. The molecule has 1 aliphatic carbocycles. The van der Waals surface area contributed by atoms with Crippen molar-refractivity contribution in [2.75, 3.05) is 6.54 Å². The number of hydrogen-bond donors (Lipinski definition) is 2. The number of aliphatic hydroxyl groups excluding tert-OH is 1. The molecule has 0 bridgehead atoms. The first-order valence-corrected chi connectivity index (χ1v) is 8.03. The Morgan fingerprint density at radius 2 is 1.86 bits per heavy atom. The molecule has 116 valence electrons. The van der Waals surface area contributed by atoms with Gasteiger partial charge >= 0.3 is 0 Å². The number of carbonyl (C=O) groups is 1. The van der Waals surface area contributed by atoms with E-state index in [0.29, 0.717) is 6.54 Å². The van der Waals surface area contributed by atoms with Crippen LogP contribution in [0.3, 0.4) is 0 Å². The maximum absolute atomic E-state index is 12.1. The summed E-state index contributed by atoms with van der Waals surface area (Å²) in [7, 11) is 0. The van der Waals surface area contributed by atoms with E-state index in [0.717, 1.165) is 31.2 Å². The average Bonchev–Trinajstić information content (AvgIpc) is 2.53. The third kappa shape index (κ3) is 3.92. The van der Waals surface area contributed by atoms with Crippen molar-refractivity contribution in [2.24, 2.45) is 5.41 Å². The summed E-state index contributed by atoms with van der Waals surface area (Å²) in [5.74, 6) is 0.288. The number of ketones is 1. The first-order chi connectivity index (χ1) is 10.1. The van der Waals surface area contributed by atoms with Crippen molar-refractivity contribution in [1.29, 1.82) is 0 Å². The van der Waals surface area contributed by atoms with Crippen molar-refractivity contribution >= 4 is 5.78 Å². The van der Waals surface area contributed by atoms with Crippen molar-refractivity contribution in [3.63, 3.8) is 0 Å². The fourth-order valence-corrected chi connectivity index (χ4v) is 3.29. The Morgan fingerprint density at radius 1 is 1.24 bits per heavy atom. The van der Waals surface area contributed by atoms with Crippen LogP contribution in [0.25, 0.3) is 0 Å². The predicted octanol–water partition coefficient (Wildman–Crippen LogP) is 3.24. The Kier molecular flexibility index (Phi) is 5.54. The molecule has 0 saturated heterocycles. The molecule has 0 aromatic heterocycles. The van der Waals surface area contributed by atoms with Gasteiger partial charge in [0.2, 0.25) is 0 Å². The van der Waals surface area contributed by atoms with Crippen LogP contribution in [0.2, 0.25) is 0 Å². The molecular formula is C18H27NO2. The third-order valence-corrected chi connectivity index (χ3v) is 4.93. The van der Waals surface area contributed by atoms with E-state index >= 15 is 0 Å². The summed E-state index contributed by atoms with van der Waals surface area (Å²) in [6.07, 6.45) is 4.91. The minimum Gasteiger partial charge on any atom is -0.387 e. The zero-order chi connectivity index (χ0) is 15.3. The summed E-state index contributed by atoms with van der Waals surface area (Å²) in [6.45, 7) is 4.37. The highest BCUT2D eigenvalue weighted by molar-refractivity contribution is 5.82. The van der Waals surface area contributed by atoms with Crippen LogP contribution in [0.15, 0.2) is 30.3 Å². The molecule has 2 N–H and O–H groups in total. The van der Waals surface area contributed by atoms with Gasteiger partial charge in [0.15, 0.2) is 0 Å². The average molecular weight is 289 g/mol.